The fourth-order valence-electron chi connectivity index (χ4n) is 3.09. The average molecular weight is 357 g/mol. The summed E-state index contributed by atoms with van der Waals surface area (Å²) in [6.07, 6.45) is 2.53. The van der Waals surface area contributed by atoms with Gasteiger partial charge in [-0.05, 0) is 49.9 Å². The van der Waals surface area contributed by atoms with Crippen molar-refractivity contribution < 1.29 is 4.39 Å². The van der Waals surface area contributed by atoms with Crippen LogP contribution in [-0.2, 0) is 0 Å². The molecule has 1 aromatic rings. The highest BCUT2D eigenvalue weighted by atomic mass is 79.9. The molecule has 0 saturated carbocycles. The topological polar surface area (TPSA) is 15.3 Å². The van der Waals surface area contributed by atoms with Crippen LogP contribution in [0.3, 0.4) is 0 Å². The van der Waals surface area contributed by atoms with Gasteiger partial charge in [-0.2, -0.15) is 0 Å². The Kier molecular flexibility index (Phi) is 6.20. The Labute approximate surface area is 136 Å². The maximum absolute atomic E-state index is 13.3. The zero-order chi connectivity index (χ0) is 15.4. The Hall–Kier alpha value is -0.450. The van der Waals surface area contributed by atoms with Crippen molar-refractivity contribution in [2.24, 2.45) is 5.92 Å². The fraction of sp³-hybridized carbons (Fsp3) is 0.647. The molecule has 4 heteroatoms. The van der Waals surface area contributed by atoms with Crippen LogP contribution in [0.25, 0.3) is 0 Å². The quantitative estimate of drug-likeness (QED) is 0.814. The van der Waals surface area contributed by atoms with Gasteiger partial charge in [-0.3, -0.25) is 4.90 Å². The first-order chi connectivity index (χ1) is 9.97. The van der Waals surface area contributed by atoms with Crippen LogP contribution in [0.4, 0.5) is 4.39 Å². The molecule has 2 nitrogen and oxygen atoms in total. The fourth-order valence-corrected chi connectivity index (χ4v) is 3.77. The summed E-state index contributed by atoms with van der Waals surface area (Å²) in [5, 5.41) is 3.58. The van der Waals surface area contributed by atoms with Crippen LogP contribution < -0.4 is 5.32 Å². The van der Waals surface area contributed by atoms with Crippen molar-refractivity contribution >= 4 is 15.9 Å². The van der Waals surface area contributed by atoms with Crippen molar-refractivity contribution in [3.63, 3.8) is 0 Å². The molecular formula is C17H26BrFN2. The molecule has 0 radical (unpaired) electrons. The molecule has 118 valence electrons. The van der Waals surface area contributed by atoms with Gasteiger partial charge in [0.05, 0.1) is 0 Å². The van der Waals surface area contributed by atoms with Crippen LogP contribution in [0.2, 0.25) is 0 Å². The standard InChI is InChI=1S/C17H26BrFN2/c1-12(2)10-21(11-15-5-4-8-20-15)13(3)16-7-6-14(19)9-17(16)18/h6-7,9,12-13,15,20H,4-5,8,10-11H2,1-3H3. The smallest absolute Gasteiger partial charge is 0.124 e. The van der Waals surface area contributed by atoms with Crippen LogP contribution in [0.15, 0.2) is 22.7 Å². The van der Waals surface area contributed by atoms with Crippen LogP contribution in [0, 0.1) is 11.7 Å². The van der Waals surface area contributed by atoms with Crippen molar-refractivity contribution in [2.75, 3.05) is 19.6 Å². The second-order valence-electron chi connectivity index (χ2n) is 6.48. The molecule has 2 unspecified atom stereocenters. The highest BCUT2D eigenvalue weighted by Crippen LogP contribution is 2.29. The number of hydrogen-bond donors (Lipinski definition) is 1. The molecule has 1 saturated heterocycles. The number of nitrogens with one attached hydrogen (secondary N) is 1. The van der Waals surface area contributed by atoms with Crippen LogP contribution in [0.5, 0.6) is 0 Å². The zero-order valence-electron chi connectivity index (χ0n) is 13.2. The van der Waals surface area contributed by atoms with Gasteiger partial charge in [-0.25, -0.2) is 4.39 Å². The molecule has 2 atom stereocenters. The number of benzene rings is 1. The summed E-state index contributed by atoms with van der Waals surface area (Å²) in [4.78, 5) is 2.52. The van der Waals surface area contributed by atoms with E-state index >= 15 is 0 Å². The third-order valence-electron chi connectivity index (χ3n) is 4.18. The van der Waals surface area contributed by atoms with Gasteiger partial charge in [0.15, 0.2) is 0 Å². The lowest BCUT2D eigenvalue weighted by atomic mass is 10.0. The van der Waals surface area contributed by atoms with E-state index in [0.29, 0.717) is 12.0 Å². The summed E-state index contributed by atoms with van der Waals surface area (Å²) in [7, 11) is 0. The molecule has 0 amide bonds. The molecule has 0 aromatic heterocycles. The molecule has 21 heavy (non-hydrogen) atoms. The zero-order valence-corrected chi connectivity index (χ0v) is 14.8. The maximum Gasteiger partial charge on any atom is 0.124 e. The first-order valence-electron chi connectivity index (χ1n) is 7.89. The lowest BCUT2D eigenvalue weighted by molar-refractivity contribution is 0.171. The Morgan fingerprint density at radius 3 is 2.71 bits per heavy atom. The second kappa shape index (κ2) is 7.70. The third kappa shape index (κ3) is 4.76. The monoisotopic (exact) mass is 356 g/mol. The SMILES string of the molecule is CC(C)CN(CC1CCCN1)C(C)c1ccc(F)cc1Br. The van der Waals surface area contributed by atoms with E-state index in [2.05, 4.69) is 46.9 Å². The Morgan fingerprint density at radius 2 is 2.14 bits per heavy atom. The molecule has 1 aromatic carbocycles. The Balaban J connectivity index is 2.13. The Bertz CT molecular complexity index is 458. The lowest BCUT2D eigenvalue weighted by Gasteiger charge is -2.33. The number of halogens is 2. The van der Waals surface area contributed by atoms with E-state index < -0.39 is 0 Å². The Morgan fingerprint density at radius 1 is 1.38 bits per heavy atom. The van der Waals surface area contributed by atoms with Crippen molar-refractivity contribution in [2.45, 2.75) is 45.7 Å². The summed E-state index contributed by atoms with van der Waals surface area (Å²) >= 11 is 3.51. The van der Waals surface area contributed by atoms with Gasteiger partial charge in [-0.1, -0.05) is 35.8 Å². The summed E-state index contributed by atoms with van der Waals surface area (Å²) in [6.45, 7) is 9.97. The highest BCUT2D eigenvalue weighted by molar-refractivity contribution is 9.10. The first-order valence-corrected chi connectivity index (χ1v) is 8.69. The van der Waals surface area contributed by atoms with Gasteiger partial charge >= 0.3 is 0 Å². The molecule has 0 spiro atoms. The second-order valence-corrected chi connectivity index (χ2v) is 7.34. The molecule has 1 N–H and O–H groups in total. The van der Waals surface area contributed by atoms with E-state index in [1.165, 1.54) is 12.8 Å². The van der Waals surface area contributed by atoms with E-state index in [1.54, 1.807) is 12.1 Å². The molecule has 1 heterocycles. The van der Waals surface area contributed by atoms with Crippen molar-refractivity contribution in [3.8, 4) is 0 Å². The highest BCUT2D eigenvalue weighted by Gasteiger charge is 2.24. The van der Waals surface area contributed by atoms with E-state index in [4.69, 9.17) is 0 Å². The van der Waals surface area contributed by atoms with E-state index in [9.17, 15) is 4.39 Å². The molecular weight excluding hydrogens is 331 g/mol. The van der Waals surface area contributed by atoms with Crippen LogP contribution in [0.1, 0.15) is 45.2 Å². The first kappa shape index (κ1) is 16.9. The minimum atomic E-state index is -0.189. The van der Waals surface area contributed by atoms with E-state index in [-0.39, 0.29) is 11.9 Å². The third-order valence-corrected chi connectivity index (χ3v) is 4.86. The summed E-state index contributed by atoms with van der Waals surface area (Å²) in [5.74, 6) is 0.429. The van der Waals surface area contributed by atoms with Gasteiger partial charge in [0.1, 0.15) is 5.82 Å². The van der Waals surface area contributed by atoms with Gasteiger partial charge in [0.25, 0.3) is 0 Å². The molecule has 1 aliphatic heterocycles. The minimum Gasteiger partial charge on any atom is -0.313 e. The largest absolute Gasteiger partial charge is 0.313 e. The summed E-state index contributed by atoms with van der Waals surface area (Å²) < 4.78 is 14.2. The predicted molar refractivity (Wildman–Crippen MR) is 90.0 cm³/mol. The molecule has 1 fully saturated rings. The maximum atomic E-state index is 13.3. The summed E-state index contributed by atoms with van der Waals surface area (Å²) in [6, 6.07) is 5.89. The average Bonchev–Trinajstić information content (AvgIpc) is 2.89. The van der Waals surface area contributed by atoms with Crippen molar-refractivity contribution in [1.29, 1.82) is 0 Å². The van der Waals surface area contributed by atoms with Crippen LogP contribution >= 0.6 is 15.9 Å². The predicted octanol–water partition coefficient (Wildman–Crippen LogP) is 4.36. The van der Waals surface area contributed by atoms with E-state index in [0.717, 1.165) is 29.7 Å². The molecule has 2 rings (SSSR count). The molecule has 1 aliphatic rings. The minimum absolute atomic E-state index is 0.189. The normalized spacial score (nSPS) is 20.4. The number of rotatable bonds is 6. The molecule has 0 aliphatic carbocycles. The molecule has 0 bridgehead atoms. The lowest BCUT2D eigenvalue weighted by Crippen LogP contribution is -2.40. The summed E-state index contributed by atoms with van der Waals surface area (Å²) in [5.41, 5.74) is 1.16. The van der Waals surface area contributed by atoms with Crippen molar-refractivity contribution in [1.82, 2.24) is 10.2 Å². The van der Waals surface area contributed by atoms with Crippen molar-refractivity contribution in [3.05, 3.63) is 34.1 Å². The number of hydrogen-bond acceptors (Lipinski definition) is 2. The van der Waals surface area contributed by atoms with Gasteiger partial charge in [0, 0.05) is 29.6 Å². The van der Waals surface area contributed by atoms with Gasteiger partial charge in [0.2, 0.25) is 0 Å². The van der Waals surface area contributed by atoms with Gasteiger partial charge in [-0.15, -0.1) is 0 Å². The van der Waals surface area contributed by atoms with Crippen LogP contribution in [-0.4, -0.2) is 30.6 Å². The van der Waals surface area contributed by atoms with E-state index in [1.807, 2.05) is 6.07 Å². The number of nitrogens with zero attached hydrogens (tertiary/aromatic N) is 1. The van der Waals surface area contributed by atoms with Gasteiger partial charge < -0.3 is 5.32 Å².